The molecular weight excluding hydrogens is 454 g/mol. The van der Waals surface area contributed by atoms with Crippen LogP contribution in [0.1, 0.15) is 47.1 Å². The van der Waals surface area contributed by atoms with Gasteiger partial charge in [-0.25, -0.2) is 0 Å². The number of ether oxygens (including phenoxy) is 2. The summed E-state index contributed by atoms with van der Waals surface area (Å²) in [6.45, 7) is 6.57. The maximum Gasteiger partial charge on any atom is 0.297 e. The van der Waals surface area contributed by atoms with Crippen LogP contribution in [0.5, 0.6) is 11.5 Å². The molecule has 0 spiro atoms. The summed E-state index contributed by atoms with van der Waals surface area (Å²) in [5.41, 5.74) is 3.54. The molecule has 5 rings (SSSR count). The van der Waals surface area contributed by atoms with Gasteiger partial charge >= 0.3 is 0 Å². The van der Waals surface area contributed by atoms with Crippen molar-refractivity contribution in [1.29, 1.82) is 0 Å². The molecule has 1 atom stereocenters. The Morgan fingerprint density at radius 1 is 1.15 bits per heavy atom. The van der Waals surface area contributed by atoms with Crippen molar-refractivity contribution in [3.8, 4) is 11.5 Å². The summed E-state index contributed by atoms with van der Waals surface area (Å²) in [6.07, 6.45) is 0. The highest BCUT2D eigenvalue weighted by molar-refractivity contribution is 7.13. The lowest BCUT2D eigenvalue weighted by Gasteiger charge is -2.23. The molecule has 1 amide bonds. The van der Waals surface area contributed by atoms with Gasteiger partial charge in [-0.3, -0.25) is 14.5 Å². The highest BCUT2D eigenvalue weighted by atomic mass is 32.1. The van der Waals surface area contributed by atoms with Gasteiger partial charge < -0.3 is 13.9 Å². The first kappa shape index (κ1) is 22.1. The largest absolute Gasteiger partial charge is 0.493 e. The van der Waals surface area contributed by atoms with E-state index in [2.05, 4.69) is 24.0 Å². The number of hydrogen-bond acceptors (Lipinski definition) is 8. The number of rotatable bonds is 6. The van der Waals surface area contributed by atoms with Crippen LogP contribution >= 0.6 is 11.3 Å². The molecular formula is C25H23N3O5S. The lowest BCUT2D eigenvalue weighted by molar-refractivity contribution is 0.0970. The van der Waals surface area contributed by atoms with E-state index in [-0.39, 0.29) is 16.8 Å². The van der Waals surface area contributed by atoms with Crippen molar-refractivity contribution in [2.24, 2.45) is 5.92 Å². The van der Waals surface area contributed by atoms with Gasteiger partial charge in [0.05, 0.1) is 30.7 Å². The molecule has 8 nitrogen and oxygen atoms in total. The zero-order chi connectivity index (χ0) is 24.0. The predicted octanol–water partition coefficient (Wildman–Crippen LogP) is 4.75. The molecule has 0 aliphatic carbocycles. The zero-order valence-electron chi connectivity index (χ0n) is 19.2. The molecule has 9 heteroatoms. The van der Waals surface area contributed by atoms with Gasteiger partial charge in [0, 0.05) is 0 Å². The van der Waals surface area contributed by atoms with Gasteiger partial charge in [0.1, 0.15) is 11.1 Å². The molecule has 1 aliphatic heterocycles. The highest BCUT2D eigenvalue weighted by Gasteiger charge is 2.45. The number of fused-ring (bicyclic) bond motifs is 2. The van der Waals surface area contributed by atoms with E-state index in [1.54, 1.807) is 36.9 Å². The average molecular weight is 478 g/mol. The van der Waals surface area contributed by atoms with Crippen LogP contribution < -0.4 is 19.8 Å². The van der Waals surface area contributed by atoms with E-state index in [0.29, 0.717) is 45.7 Å². The molecule has 1 aliphatic rings. The molecule has 174 valence electrons. The Hall–Kier alpha value is -3.72. The van der Waals surface area contributed by atoms with Crippen LogP contribution in [0.25, 0.3) is 11.0 Å². The number of amides is 1. The van der Waals surface area contributed by atoms with E-state index in [1.165, 1.54) is 16.2 Å². The summed E-state index contributed by atoms with van der Waals surface area (Å²) < 4.78 is 17.5. The van der Waals surface area contributed by atoms with Crippen molar-refractivity contribution in [1.82, 2.24) is 10.2 Å². The monoisotopic (exact) mass is 477 g/mol. The molecule has 0 N–H and O–H groups in total. The quantitative estimate of drug-likeness (QED) is 0.396. The van der Waals surface area contributed by atoms with Crippen molar-refractivity contribution < 1.29 is 18.7 Å². The lowest BCUT2D eigenvalue weighted by atomic mass is 9.98. The molecule has 2 aromatic carbocycles. The molecule has 0 radical (unpaired) electrons. The Balaban J connectivity index is 1.72. The Labute approximate surface area is 199 Å². The number of benzene rings is 2. The normalized spacial score (nSPS) is 15.3. The van der Waals surface area contributed by atoms with Crippen LogP contribution in [-0.4, -0.2) is 29.8 Å². The molecule has 3 heterocycles. The van der Waals surface area contributed by atoms with Crippen LogP contribution in [0.2, 0.25) is 0 Å². The summed E-state index contributed by atoms with van der Waals surface area (Å²) in [5, 5.41) is 8.80. The van der Waals surface area contributed by atoms with E-state index >= 15 is 0 Å². The fourth-order valence-corrected chi connectivity index (χ4v) is 4.69. The molecule has 0 saturated carbocycles. The van der Waals surface area contributed by atoms with Crippen LogP contribution in [-0.2, 0) is 0 Å². The van der Waals surface area contributed by atoms with Gasteiger partial charge in [-0.2, -0.15) is 0 Å². The Morgan fingerprint density at radius 2 is 1.97 bits per heavy atom. The first-order chi connectivity index (χ1) is 16.4. The van der Waals surface area contributed by atoms with Gasteiger partial charge in [0.2, 0.25) is 10.9 Å². The van der Waals surface area contributed by atoms with E-state index in [9.17, 15) is 9.59 Å². The Morgan fingerprint density at radius 3 is 2.68 bits per heavy atom. The fraction of sp³-hybridized carbons (Fsp3) is 0.280. The van der Waals surface area contributed by atoms with E-state index in [4.69, 9.17) is 13.9 Å². The average Bonchev–Trinajstić information content (AvgIpc) is 3.45. The number of carbonyl (C=O) groups is 1. The molecule has 0 bridgehead atoms. The van der Waals surface area contributed by atoms with Gasteiger partial charge in [-0.15, -0.1) is 10.2 Å². The SMILES string of the molecule is COc1cc(C2c3c(oc4ccc(C)cc4c3=O)C(=O)N2c2nncs2)ccc1OCC(C)C. The third kappa shape index (κ3) is 3.62. The Bertz CT molecular complexity index is 1450. The molecule has 2 aromatic heterocycles. The minimum absolute atomic E-state index is 0.0145. The van der Waals surface area contributed by atoms with E-state index in [1.807, 2.05) is 19.1 Å². The summed E-state index contributed by atoms with van der Waals surface area (Å²) >= 11 is 1.21. The zero-order valence-corrected chi connectivity index (χ0v) is 20.0. The van der Waals surface area contributed by atoms with Gasteiger partial charge in [0.25, 0.3) is 5.91 Å². The first-order valence-electron chi connectivity index (χ1n) is 10.9. The number of carbonyl (C=O) groups excluding carboxylic acids is 1. The van der Waals surface area contributed by atoms with Gasteiger partial charge in [-0.05, 0) is 42.7 Å². The Kier molecular flexibility index (Phi) is 5.57. The minimum atomic E-state index is -0.746. The minimum Gasteiger partial charge on any atom is -0.493 e. The molecule has 0 fully saturated rings. The number of aryl methyl sites for hydroxylation is 1. The van der Waals surface area contributed by atoms with E-state index in [0.717, 1.165) is 5.56 Å². The molecule has 4 aromatic rings. The van der Waals surface area contributed by atoms with Gasteiger partial charge in [-0.1, -0.05) is 42.9 Å². The number of aromatic nitrogens is 2. The van der Waals surface area contributed by atoms with E-state index < -0.39 is 11.9 Å². The molecule has 0 saturated heterocycles. The van der Waals surface area contributed by atoms with Crippen LogP contribution in [0.3, 0.4) is 0 Å². The summed E-state index contributed by atoms with van der Waals surface area (Å²) in [4.78, 5) is 28.7. The third-order valence-electron chi connectivity index (χ3n) is 5.66. The van der Waals surface area contributed by atoms with Crippen molar-refractivity contribution >= 4 is 33.3 Å². The fourth-order valence-electron chi connectivity index (χ4n) is 4.10. The summed E-state index contributed by atoms with van der Waals surface area (Å²) in [6, 6.07) is 10.0. The van der Waals surface area contributed by atoms with Crippen molar-refractivity contribution in [2.75, 3.05) is 18.6 Å². The van der Waals surface area contributed by atoms with Crippen LogP contribution in [0.4, 0.5) is 5.13 Å². The summed E-state index contributed by atoms with van der Waals surface area (Å²) in [7, 11) is 1.56. The number of methoxy groups -OCH3 is 1. The number of hydrogen-bond donors (Lipinski definition) is 0. The standard InChI is InChI=1S/C25H23N3O5S/c1-13(2)11-32-18-8-6-15(10-19(18)31-4)21-20-22(29)16-9-14(3)5-7-17(16)33-23(20)24(30)28(21)25-27-26-12-34-25/h5-10,12-13,21H,11H2,1-4H3. The predicted molar refractivity (Wildman–Crippen MR) is 129 cm³/mol. The number of anilines is 1. The maximum atomic E-state index is 13.7. The second-order valence-electron chi connectivity index (χ2n) is 8.59. The van der Waals surface area contributed by atoms with Crippen molar-refractivity contribution in [3.05, 3.63) is 74.6 Å². The first-order valence-corrected chi connectivity index (χ1v) is 11.7. The maximum absolute atomic E-state index is 13.7. The highest BCUT2D eigenvalue weighted by Crippen LogP contribution is 2.43. The summed E-state index contributed by atoms with van der Waals surface area (Å²) in [5.74, 6) is 1.03. The third-order valence-corrected chi connectivity index (χ3v) is 6.34. The van der Waals surface area contributed by atoms with Crippen LogP contribution in [0.15, 0.2) is 51.1 Å². The van der Waals surface area contributed by atoms with Crippen molar-refractivity contribution in [3.63, 3.8) is 0 Å². The second-order valence-corrected chi connectivity index (χ2v) is 9.40. The van der Waals surface area contributed by atoms with Crippen LogP contribution in [0, 0.1) is 12.8 Å². The lowest BCUT2D eigenvalue weighted by Crippen LogP contribution is -2.29. The van der Waals surface area contributed by atoms with Gasteiger partial charge in [0.15, 0.2) is 16.9 Å². The number of nitrogens with zero attached hydrogens (tertiary/aromatic N) is 3. The molecule has 34 heavy (non-hydrogen) atoms. The van der Waals surface area contributed by atoms with Crippen molar-refractivity contribution in [2.45, 2.75) is 26.8 Å². The second kappa shape index (κ2) is 8.57. The smallest absolute Gasteiger partial charge is 0.297 e. The topological polar surface area (TPSA) is 94.8 Å². The molecule has 1 unspecified atom stereocenters.